The van der Waals surface area contributed by atoms with E-state index in [4.69, 9.17) is 4.74 Å². The van der Waals surface area contributed by atoms with Gasteiger partial charge in [-0.2, -0.15) is 30.2 Å². The first-order chi connectivity index (χ1) is 11.6. The minimum absolute atomic E-state index is 0.0198. The zero-order valence-electron chi connectivity index (χ0n) is 14.3. The third kappa shape index (κ3) is 5.16. The van der Waals surface area contributed by atoms with Crippen molar-refractivity contribution in [2.75, 3.05) is 33.9 Å². The number of benzene rings is 1. The fraction of sp³-hybridized carbons (Fsp3) is 0.625. The van der Waals surface area contributed by atoms with Gasteiger partial charge in [-0.15, -0.1) is 0 Å². The molecule has 0 spiro atoms. The summed E-state index contributed by atoms with van der Waals surface area (Å²) in [5.41, 5.74) is -0.246. The van der Waals surface area contributed by atoms with Crippen molar-refractivity contribution in [2.24, 2.45) is 5.92 Å². The summed E-state index contributed by atoms with van der Waals surface area (Å²) < 4.78 is 70.9. The molecule has 0 bridgehead atoms. The molecule has 1 atom stereocenters. The standard InChI is InChI=1S/C16H23F3N2O3S/c1-20(10-13-5-7-15(8-6-13)16(17,18)19)25(22,23)21-9-3-4-14(11-21)12-24-2/h5-8,14H,3-4,9-12H2,1-2H3. The lowest BCUT2D eigenvalue weighted by Crippen LogP contribution is -2.47. The maximum absolute atomic E-state index is 12.7. The first-order valence-electron chi connectivity index (χ1n) is 8.01. The van der Waals surface area contributed by atoms with E-state index in [2.05, 4.69) is 0 Å². The number of piperidine rings is 1. The van der Waals surface area contributed by atoms with Gasteiger partial charge in [-0.3, -0.25) is 0 Å². The molecule has 9 heteroatoms. The van der Waals surface area contributed by atoms with E-state index in [0.717, 1.165) is 25.0 Å². The van der Waals surface area contributed by atoms with E-state index in [1.807, 2.05) is 0 Å². The molecule has 1 fully saturated rings. The van der Waals surface area contributed by atoms with Crippen LogP contribution in [-0.4, -0.2) is 50.9 Å². The van der Waals surface area contributed by atoms with E-state index in [-0.39, 0.29) is 12.5 Å². The van der Waals surface area contributed by atoms with Gasteiger partial charge >= 0.3 is 6.18 Å². The van der Waals surface area contributed by atoms with Gasteiger partial charge in [0.1, 0.15) is 0 Å². The number of rotatable bonds is 6. The van der Waals surface area contributed by atoms with E-state index < -0.39 is 21.9 Å². The summed E-state index contributed by atoms with van der Waals surface area (Å²) >= 11 is 0. The van der Waals surface area contributed by atoms with Gasteiger partial charge in [0.15, 0.2) is 0 Å². The quantitative estimate of drug-likeness (QED) is 0.763. The van der Waals surface area contributed by atoms with Gasteiger partial charge in [0, 0.05) is 33.8 Å². The molecule has 1 aliphatic rings. The molecule has 1 heterocycles. The second kappa shape index (κ2) is 8.03. The normalized spacial score (nSPS) is 20.2. The highest BCUT2D eigenvalue weighted by molar-refractivity contribution is 7.86. The van der Waals surface area contributed by atoms with Crippen LogP contribution in [0.25, 0.3) is 0 Å². The van der Waals surface area contributed by atoms with Crippen LogP contribution in [0.4, 0.5) is 13.2 Å². The highest BCUT2D eigenvalue weighted by Crippen LogP contribution is 2.29. The molecule has 0 aromatic heterocycles. The molecule has 0 amide bonds. The van der Waals surface area contributed by atoms with Crippen molar-refractivity contribution in [1.82, 2.24) is 8.61 Å². The SMILES string of the molecule is COCC1CCCN(S(=O)(=O)N(C)Cc2ccc(C(F)(F)F)cc2)C1. The molecule has 0 radical (unpaired) electrons. The lowest BCUT2D eigenvalue weighted by Gasteiger charge is -2.34. The van der Waals surface area contributed by atoms with Crippen molar-refractivity contribution >= 4 is 10.2 Å². The molecule has 1 aromatic rings. The molecule has 1 saturated heterocycles. The number of alkyl halides is 3. The Morgan fingerprint density at radius 2 is 1.92 bits per heavy atom. The van der Waals surface area contributed by atoms with Gasteiger partial charge in [0.2, 0.25) is 0 Å². The number of hydrogen-bond donors (Lipinski definition) is 0. The Morgan fingerprint density at radius 3 is 2.48 bits per heavy atom. The molecular formula is C16H23F3N2O3S. The Hall–Kier alpha value is -1.16. The van der Waals surface area contributed by atoms with Crippen LogP contribution in [0.1, 0.15) is 24.0 Å². The second-order valence-electron chi connectivity index (χ2n) is 6.28. The summed E-state index contributed by atoms with van der Waals surface area (Å²) in [7, 11) is -0.636. The topological polar surface area (TPSA) is 49.9 Å². The van der Waals surface area contributed by atoms with Crippen LogP contribution in [0.2, 0.25) is 0 Å². The third-order valence-electron chi connectivity index (χ3n) is 4.29. The molecule has 0 aliphatic carbocycles. The predicted molar refractivity (Wildman–Crippen MR) is 88.0 cm³/mol. The second-order valence-corrected chi connectivity index (χ2v) is 8.32. The van der Waals surface area contributed by atoms with Gasteiger partial charge in [-0.05, 0) is 36.5 Å². The molecule has 25 heavy (non-hydrogen) atoms. The van der Waals surface area contributed by atoms with E-state index in [0.29, 0.717) is 25.3 Å². The highest BCUT2D eigenvalue weighted by atomic mass is 32.2. The number of halogens is 3. The minimum atomic E-state index is -4.40. The van der Waals surface area contributed by atoms with Gasteiger partial charge in [0.05, 0.1) is 12.2 Å². The smallest absolute Gasteiger partial charge is 0.384 e. The van der Waals surface area contributed by atoms with Crippen LogP contribution in [-0.2, 0) is 27.7 Å². The minimum Gasteiger partial charge on any atom is -0.384 e. The maximum atomic E-state index is 12.7. The Bertz CT molecular complexity index is 660. The zero-order chi connectivity index (χ0) is 18.7. The average Bonchev–Trinajstić information content (AvgIpc) is 2.55. The maximum Gasteiger partial charge on any atom is 0.416 e. The van der Waals surface area contributed by atoms with Crippen molar-refractivity contribution in [3.05, 3.63) is 35.4 Å². The molecule has 5 nitrogen and oxygen atoms in total. The molecule has 0 saturated carbocycles. The number of ether oxygens (including phenoxy) is 1. The third-order valence-corrected chi connectivity index (χ3v) is 6.19. The molecule has 1 unspecified atom stereocenters. The average molecular weight is 380 g/mol. The molecule has 142 valence electrons. The van der Waals surface area contributed by atoms with Crippen LogP contribution < -0.4 is 0 Å². The van der Waals surface area contributed by atoms with Gasteiger partial charge in [0.25, 0.3) is 10.2 Å². The molecular weight excluding hydrogens is 357 g/mol. The highest BCUT2D eigenvalue weighted by Gasteiger charge is 2.32. The lowest BCUT2D eigenvalue weighted by molar-refractivity contribution is -0.137. The molecule has 1 aliphatic heterocycles. The van der Waals surface area contributed by atoms with Crippen molar-refractivity contribution in [3.63, 3.8) is 0 Å². The van der Waals surface area contributed by atoms with Crippen LogP contribution in [0.5, 0.6) is 0 Å². The summed E-state index contributed by atoms with van der Waals surface area (Å²) in [5.74, 6) is 0.160. The molecule has 1 aromatic carbocycles. The van der Waals surface area contributed by atoms with Crippen molar-refractivity contribution < 1.29 is 26.3 Å². The van der Waals surface area contributed by atoms with Crippen LogP contribution in [0.3, 0.4) is 0 Å². The number of methoxy groups -OCH3 is 1. The Kier molecular flexibility index (Phi) is 6.47. The van der Waals surface area contributed by atoms with E-state index in [9.17, 15) is 21.6 Å². The van der Waals surface area contributed by atoms with Crippen LogP contribution in [0, 0.1) is 5.92 Å². The van der Waals surface area contributed by atoms with E-state index in [1.165, 1.54) is 27.8 Å². The number of nitrogens with zero attached hydrogens (tertiary/aromatic N) is 2. The van der Waals surface area contributed by atoms with E-state index >= 15 is 0 Å². The van der Waals surface area contributed by atoms with Crippen LogP contribution in [0.15, 0.2) is 24.3 Å². The summed E-state index contributed by atoms with van der Waals surface area (Å²) in [6.45, 7) is 1.37. The van der Waals surface area contributed by atoms with Crippen molar-refractivity contribution in [3.8, 4) is 0 Å². The lowest BCUT2D eigenvalue weighted by atomic mass is 10.0. The van der Waals surface area contributed by atoms with Crippen molar-refractivity contribution in [2.45, 2.75) is 25.6 Å². The Labute approximate surface area is 146 Å². The first kappa shape index (κ1) is 20.2. The van der Waals surface area contributed by atoms with Gasteiger partial charge < -0.3 is 4.74 Å². The van der Waals surface area contributed by atoms with Gasteiger partial charge in [-0.1, -0.05) is 12.1 Å². The summed E-state index contributed by atoms with van der Waals surface area (Å²) in [4.78, 5) is 0. The van der Waals surface area contributed by atoms with Crippen molar-refractivity contribution in [1.29, 1.82) is 0 Å². The summed E-state index contributed by atoms with van der Waals surface area (Å²) in [6.07, 6.45) is -2.72. The Balaban J connectivity index is 2.04. The molecule has 2 rings (SSSR count). The summed E-state index contributed by atoms with van der Waals surface area (Å²) in [6, 6.07) is 4.54. The zero-order valence-corrected chi connectivity index (χ0v) is 15.1. The Morgan fingerprint density at radius 1 is 1.28 bits per heavy atom. The van der Waals surface area contributed by atoms with Gasteiger partial charge in [-0.25, -0.2) is 0 Å². The van der Waals surface area contributed by atoms with E-state index in [1.54, 1.807) is 7.11 Å². The molecule has 0 N–H and O–H groups in total. The number of hydrogen-bond acceptors (Lipinski definition) is 3. The fourth-order valence-electron chi connectivity index (χ4n) is 2.94. The predicted octanol–water partition coefficient (Wildman–Crippen LogP) is 2.74. The first-order valence-corrected chi connectivity index (χ1v) is 9.40. The summed E-state index contributed by atoms with van der Waals surface area (Å²) in [5, 5.41) is 0. The monoisotopic (exact) mass is 380 g/mol. The van der Waals surface area contributed by atoms with Crippen LogP contribution >= 0.6 is 0 Å². The fourth-order valence-corrected chi connectivity index (χ4v) is 4.41. The largest absolute Gasteiger partial charge is 0.416 e.